The Morgan fingerprint density at radius 3 is 2.20 bits per heavy atom. The summed E-state index contributed by atoms with van der Waals surface area (Å²) in [7, 11) is -0.417. The molecule has 30 valence electrons. The second kappa shape index (κ2) is 2.21. The van der Waals surface area contributed by atoms with E-state index in [1.54, 1.807) is 6.92 Å². The zero-order valence-corrected chi connectivity index (χ0v) is 3.24. The fraction of sp³-hybridized carbons (Fsp3) is 1.00. The van der Waals surface area contributed by atoms with Crippen LogP contribution in [0.2, 0.25) is 0 Å². The van der Waals surface area contributed by atoms with Gasteiger partial charge in [0.25, 0.3) is 0 Å². The van der Waals surface area contributed by atoms with Crippen LogP contribution < -0.4 is 5.73 Å². The summed E-state index contributed by atoms with van der Waals surface area (Å²) in [5.74, 6) is -0.282. The summed E-state index contributed by atoms with van der Waals surface area (Å²) in [6.45, 7) is 1.62. The third-order valence-corrected chi connectivity index (χ3v) is 0.243. The van der Waals surface area contributed by atoms with E-state index in [0.29, 0.717) is 0 Å². The van der Waals surface area contributed by atoms with E-state index in [1.807, 2.05) is 0 Å². The molecule has 1 unspecified atom stereocenters. The molecule has 0 saturated carbocycles. The molecule has 0 amide bonds. The Hall–Kier alpha value is -0.0451. The van der Waals surface area contributed by atoms with Gasteiger partial charge in [-0.05, 0) is 0 Å². The first-order valence-corrected chi connectivity index (χ1v) is 1.59. The van der Waals surface area contributed by atoms with Crippen LogP contribution in [0.5, 0.6) is 0 Å². The summed E-state index contributed by atoms with van der Waals surface area (Å²) >= 11 is 0. The summed E-state index contributed by atoms with van der Waals surface area (Å²) < 4.78 is 11.0. The molecular formula is C2H7BFN. The van der Waals surface area contributed by atoms with Crippen molar-refractivity contribution in [3.05, 3.63) is 0 Å². The average molecular weight is 74.9 g/mol. The highest BCUT2D eigenvalue weighted by Crippen LogP contribution is 1.65. The van der Waals surface area contributed by atoms with Crippen LogP contribution in [0.25, 0.3) is 0 Å². The Kier molecular flexibility index (Phi) is 2.19. The highest BCUT2D eigenvalue weighted by atomic mass is 19.1. The fourth-order valence-electron chi connectivity index (χ4n) is 0. The Bertz CT molecular complexity index is 23.6. The van der Waals surface area contributed by atoms with Crippen molar-refractivity contribution in [2.75, 3.05) is 0 Å². The van der Waals surface area contributed by atoms with Crippen LogP contribution in [-0.4, -0.2) is 13.5 Å². The molecule has 0 heterocycles. The molecule has 5 heavy (non-hydrogen) atoms. The molecule has 0 bridgehead atoms. The maximum Gasteiger partial charge on any atom is 0.347 e. The molecule has 0 rings (SSSR count). The van der Waals surface area contributed by atoms with E-state index < -0.39 is 7.56 Å². The molecule has 0 radical (unpaired) electrons. The first-order valence-electron chi connectivity index (χ1n) is 1.59. The summed E-state index contributed by atoms with van der Waals surface area (Å²) in [6, 6.07) is 0. The molecule has 3 heteroatoms. The second-order valence-electron chi connectivity index (χ2n) is 1.13. The molecule has 0 aromatic carbocycles. The van der Waals surface area contributed by atoms with E-state index in [9.17, 15) is 4.32 Å². The van der Waals surface area contributed by atoms with Crippen LogP contribution in [0.4, 0.5) is 4.32 Å². The van der Waals surface area contributed by atoms with Gasteiger partial charge in [-0.15, -0.1) is 0 Å². The normalized spacial score (nSPS) is 14.2. The minimum Gasteiger partial charge on any atom is -0.340 e. The zero-order chi connectivity index (χ0) is 4.28. The van der Waals surface area contributed by atoms with Crippen molar-refractivity contribution < 1.29 is 4.32 Å². The van der Waals surface area contributed by atoms with Crippen molar-refractivity contribution >= 4 is 7.56 Å². The average Bonchev–Trinajstić information content (AvgIpc) is 1.38. The van der Waals surface area contributed by atoms with Gasteiger partial charge in [0.2, 0.25) is 0 Å². The molecule has 1 nitrogen and oxygen atoms in total. The predicted molar refractivity (Wildman–Crippen MR) is 21.9 cm³/mol. The largest absolute Gasteiger partial charge is 0.347 e. The van der Waals surface area contributed by atoms with Crippen molar-refractivity contribution in [2.45, 2.75) is 12.9 Å². The molecular weight excluding hydrogens is 67.8 g/mol. The van der Waals surface area contributed by atoms with Crippen molar-refractivity contribution in [2.24, 2.45) is 5.73 Å². The maximum absolute atomic E-state index is 11.0. The highest BCUT2D eigenvalue weighted by molar-refractivity contribution is 6.28. The third-order valence-electron chi connectivity index (χ3n) is 0.243. The van der Waals surface area contributed by atoms with Crippen molar-refractivity contribution in [1.82, 2.24) is 0 Å². The van der Waals surface area contributed by atoms with Crippen LogP contribution in [0.15, 0.2) is 0 Å². The van der Waals surface area contributed by atoms with Gasteiger partial charge in [-0.1, -0.05) is 6.92 Å². The molecule has 1 atom stereocenters. The van der Waals surface area contributed by atoms with Gasteiger partial charge in [-0.25, -0.2) is 0 Å². The van der Waals surface area contributed by atoms with Crippen LogP contribution in [0.1, 0.15) is 6.92 Å². The van der Waals surface area contributed by atoms with Gasteiger partial charge in [0.1, 0.15) is 0 Å². The lowest BCUT2D eigenvalue weighted by molar-refractivity contribution is 0.812. The number of hydrogen-bond donors (Lipinski definition) is 1. The Morgan fingerprint density at radius 1 is 2.00 bits per heavy atom. The summed E-state index contributed by atoms with van der Waals surface area (Å²) in [5, 5.41) is 0. The molecule has 0 aliphatic rings. The van der Waals surface area contributed by atoms with Gasteiger partial charge in [-0.2, -0.15) is 0 Å². The molecule has 0 aromatic rings. The summed E-state index contributed by atoms with van der Waals surface area (Å²) in [6.07, 6.45) is 0. The second-order valence-corrected chi connectivity index (χ2v) is 1.13. The monoisotopic (exact) mass is 75.1 g/mol. The molecule has 0 aliphatic heterocycles. The van der Waals surface area contributed by atoms with Crippen LogP contribution in [0.3, 0.4) is 0 Å². The van der Waals surface area contributed by atoms with Crippen molar-refractivity contribution in [3.63, 3.8) is 0 Å². The fourth-order valence-corrected chi connectivity index (χ4v) is 0. The quantitative estimate of drug-likeness (QED) is 0.422. The van der Waals surface area contributed by atoms with E-state index in [2.05, 4.69) is 0 Å². The van der Waals surface area contributed by atoms with E-state index in [-0.39, 0.29) is 5.94 Å². The molecule has 0 aromatic heterocycles. The van der Waals surface area contributed by atoms with Gasteiger partial charge in [0, 0.05) is 5.94 Å². The minimum absolute atomic E-state index is 0.282. The van der Waals surface area contributed by atoms with Gasteiger partial charge in [-0.3, -0.25) is 0 Å². The Labute approximate surface area is 31.6 Å². The predicted octanol–water partition coefficient (Wildman–Crippen LogP) is -0.388. The third kappa shape index (κ3) is 3.95. The van der Waals surface area contributed by atoms with E-state index in [4.69, 9.17) is 5.73 Å². The van der Waals surface area contributed by atoms with Gasteiger partial charge in [0.05, 0.1) is 0 Å². The first-order chi connectivity index (χ1) is 2.27. The van der Waals surface area contributed by atoms with Crippen molar-refractivity contribution in [1.29, 1.82) is 0 Å². The minimum atomic E-state index is -0.417. The van der Waals surface area contributed by atoms with Gasteiger partial charge < -0.3 is 10.0 Å². The topological polar surface area (TPSA) is 26.0 Å². The van der Waals surface area contributed by atoms with Crippen LogP contribution in [-0.2, 0) is 0 Å². The SMILES string of the molecule is CC(N)BF. The maximum atomic E-state index is 11.0. The lowest BCUT2D eigenvalue weighted by Gasteiger charge is -1.85. The molecule has 0 fully saturated rings. The number of halogens is 1. The lowest BCUT2D eigenvalue weighted by Crippen LogP contribution is -2.19. The van der Waals surface area contributed by atoms with Crippen LogP contribution in [0, 0.1) is 0 Å². The van der Waals surface area contributed by atoms with Gasteiger partial charge >= 0.3 is 7.56 Å². The number of nitrogens with two attached hydrogens (primary N) is 1. The van der Waals surface area contributed by atoms with E-state index >= 15 is 0 Å². The Morgan fingerprint density at radius 2 is 2.20 bits per heavy atom. The number of rotatable bonds is 1. The van der Waals surface area contributed by atoms with Gasteiger partial charge in [0.15, 0.2) is 0 Å². The smallest absolute Gasteiger partial charge is 0.340 e. The Balaban J connectivity index is 2.54. The molecule has 0 saturated heterocycles. The zero-order valence-electron chi connectivity index (χ0n) is 3.24. The summed E-state index contributed by atoms with van der Waals surface area (Å²) in [5.41, 5.74) is 4.92. The van der Waals surface area contributed by atoms with E-state index in [0.717, 1.165) is 0 Å². The highest BCUT2D eigenvalue weighted by Gasteiger charge is 1.89. The van der Waals surface area contributed by atoms with Crippen LogP contribution >= 0.6 is 0 Å². The lowest BCUT2D eigenvalue weighted by atomic mass is 9.95. The number of hydrogen-bond acceptors (Lipinski definition) is 1. The summed E-state index contributed by atoms with van der Waals surface area (Å²) in [4.78, 5) is 0. The van der Waals surface area contributed by atoms with Crippen molar-refractivity contribution in [3.8, 4) is 0 Å². The molecule has 0 aliphatic carbocycles. The molecule has 2 N–H and O–H groups in total. The molecule has 0 spiro atoms. The first kappa shape index (κ1) is 4.95. The van der Waals surface area contributed by atoms with E-state index in [1.165, 1.54) is 0 Å². The standard InChI is InChI=1S/C2H7BFN/c1-2(5)3-4/h2-3H,5H2,1H3.